The number of aryl methyl sites for hydroxylation is 2. The number of carbonyl (C=O) groups is 2. The van der Waals surface area contributed by atoms with E-state index in [1.807, 2.05) is 49.4 Å². The average molecular weight is 455 g/mol. The van der Waals surface area contributed by atoms with Crippen LogP contribution in [0.2, 0.25) is 0 Å². The van der Waals surface area contributed by atoms with Crippen LogP contribution in [-0.4, -0.2) is 32.0 Å². The molecule has 2 amide bonds. The summed E-state index contributed by atoms with van der Waals surface area (Å²) in [7, 11) is 0. The Hall–Kier alpha value is -4.33. The highest BCUT2D eigenvalue weighted by Gasteiger charge is 2.09. The van der Waals surface area contributed by atoms with Crippen LogP contribution in [-0.2, 0) is 17.8 Å². The van der Waals surface area contributed by atoms with Gasteiger partial charge in [-0.25, -0.2) is 0 Å². The fourth-order valence-corrected chi connectivity index (χ4v) is 3.41. The number of rotatable bonds is 8. The Morgan fingerprint density at radius 2 is 1.56 bits per heavy atom. The summed E-state index contributed by atoms with van der Waals surface area (Å²) in [6, 6.07) is 24.9. The van der Waals surface area contributed by atoms with E-state index in [0.717, 1.165) is 17.5 Å². The third-order valence-electron chi connectivity index (χ3n) is 5.33. The van der Waals surface area contributed by atoms with Crippen molar-refractivity contribution in [3.8, 4) is 11.4 Å². The van der Waals surface area contributed by atoms with Gasteiger partial charge in [0.1, 0.15) is 0 Å². The first-order valence-corrected chi connectivity index (χ1v) is 11.1. The minimum absolute atomic E-state index is 0.219. The first-order valence-electron chi connectivity index (χ1n) is 11.1. The first kappa shape index (κ1) is 22.8. The van der Waals surface area contributed by atoms with Gasteiger partial charge in [0, 0.05) is 17.5 Å². The molecule has 4 aromatic rings. The highest BCUT2D eigenvalue weighted by atomic mass is 16.2. The van der Waals surface area contributed by atoms with Crippen molar-refractivity contribution in [1.82, 2.24) is 31.1 Å². The molecule has 3 aromatic carbocycles. The van der Waals surface area contributed by atoms with Crippen LogP contribution in [0.1, 0.15) is 39.9 Å². The lowest BCUT2D eigenvalue weighted by Crippen LogP contribution is -2.41. The van der Waals surface area contributed by atoms with E-state index in [1.54, 1.807) is 12.1 Å². The second-order valence-electron chi connectivity index (χ2n) is 8.05. The molecule has 1 heterocycles. The molecule has 4 rings (SSSR count). The smallest absolute Gasteiger partial charge is 0.269 e. The molecule has 8 heteroatoms. The number of benzene rings is 3. The Morgan fingerprint density at radius 3 is 2.29 bits per heavy atom. The van der Waals surface area contributed by atoms with Crippen LogP contribution in [0.3, 0.4) is 0 Å². The Morgan fingerprint density at radius 1 is 0.853 bits per heavy atom. The van der Waals surface area contributed by atoms with Crippen molar-refractivity contribution in [3.05, 3.63) is 101 Å². The van der Waals surface area contributed by atoms with Crippen molar-refractivity contribution in [1.29, 1.82) is 0 Å². The van der Waals surface area contributed by atoms with Crippen LogP contribution in [0.4, 0.5) is 0 Å². The summed E-state index contributed by atoms with van der Waals surface area (Å²) >= 11 is 0. The normalized spacial score (nSPS) is 10.6. The molecule has 0 aliphatic rings. The van der Waals surface area contributed by atoms with Gasteiger partial charge in [-0.2, -0.15) is 4.80 Å². The number of hydrogen-bond donors (Lipinski definition) is 2. The maximum atomic E-state index is 12.3. The Bertz CT molecular complexity index is 1230. The molecule has 0 saturated carbocycles. The molecule has 0 spiro atoms. The molecule has 0 saturated heterocycles. The molecule has 0 bridgehead atoms. The van der Waals surface area contributed by atoms with Crippen molar-refractivity contribution < 1.29 is 9.59 Å². The molecule has 0 radical (unpaired) electrons. The van der Waals surface area contributed by atoms with E-state index in [2.05, 4.69) is 50.5 Å². The molecular weight excluding hydrogens is 428 g/mol. The number of carbonyl (C=O) groups excluding carboxylic acids is 2. The summed E-state index contributed by atoms with van der Waals surface area (Å²) < 4.78 is 0. The van der Waals surface area contributed by atoms with Gasteiger partial charge >= 0.3 is 0 Å². The standard InChI is InChI=1S/C26H26N6O2/c1-19-10-12-20(13-11-19)6-5-9-24(33)27-29-26(34)23-16-14-21(15-17-23)18-32-30-25(28-31-32)22-7-3-2-4-8-22/h2-4,7-8,10-17H,5-6,9,18H2,1H3,(H,27,33)(H,29,34). The molecule has 1 aromatic heterocycles. The lowest BCUT2D eigenvalue weighted by molar-refractivity contribution is -0.121. The minimum atomic E-state index is -0.372. The number of nitrogens with zero attached hydrogens (tertiary/aromatic N) is 4. The van der Waals surface area contributed by atoms with Crippen LogP contribution in [0.5, 0.6) is 0 Å². The van der Waals surface area contributed by atoms with E-state index in [0.29, 0.717) is 30.8 Å². The summed E-state index contributed by atoms with van der Waals surface area (Å²) in [5, 5.41) is 12.6. The summed E-state index contributed by atoms with van der Waals surface area (Å²) in [4.78, 5) is 25.9. The molecule has 0 fully saturated rings. The molecule has 0 aliphatic carbocycles. The minimum Gasteiger partial charge on any atom is -0.273 e. The van der Waals surface area contributed by atoms with Gasteiger partial charge in [0.25, 0.3) is 5.91 Å². The second-order valence-corrected chi connectivity index (χ2v) is 8.05. The van der Waals surface area contributed by atoms with Gasteiger partial charge in [-0.1, -0.05) is 72.3 Å². The second kappa shape index (κ2) is 11.0. The van der Waals surface area contributed by atoms with E-state index in [4.69, 9.17) is 0 Å². The molecule has 34 heavy (non-hydrogen) atoms. The van der Waals surface area contributed by atoms with Crippen LogP contribution < -0.4 is 10.9 Å². The topological polar surface area (TPSA) is 102 Å². The van der Waals surface area contributed by atoms with Crippen molar-refractivity contribution >= 4 is 11.8 Å². The Labute approximate surface area is 198 Å². The maximum Gasteiger partial charge on any atom is 0.269 e. The lowest BCUT2D eigenvalue weighted by atomic mass is 10.1. The zero-order valence-electron chi connectivity index (χ0n) is 18.9. The van der Waals surface area contributed by atoms with Gasteiger partial charge in [-0.05, 0) is 48.2 Å². The number of hydrazine groups is 1. The highest BCUT2D eigenvalue weighted by Crippen LogP contribution is 2.13. The van der Waals surface area contributed by atoms with E-state index < -0.39 is 0 Å². The monoisotopic (exact) mass is 454 g/mol. The van der Waals surface area contributed by atoms with E-state index in [9.17, 15) is 9.59 Å². The van der Waals surface area contributed by atoms with Gasteiger partial charge < -0.3 is 0 Å². The van der Waals surface area contributed by atoms with Crippen LogP contribution >= 0.6 is 0 Å². The Kier molecular flexibility index (Phi) is 7.39. The maximum absolute atomic E-state index is 12.3. The van der Waals surface area contributed by atoms with Gasteiger partial charge in [0.2, 0.25) is 11.7 Å². The number of hydrogen-bond acceptors (Lipinski definition) is 5. The molecule has 172 valence electrons. The van der Waals surface area contributed by atoms with E-state index >= 15 is 0 Å². The van der Waals surface area contributed by atoms with Crippen molar-refractivity contribution in [2.45, 2.75) is 32.7 Å². The Balaban J connectivity index is 1.22. The molecule has 2 N–H and O–H groups in total. The summed E-state index contributed by atoms with van der Waals surface area (Å²) in [6.45, 7) is 2.47. The number of nitrogens with one attached hydrogen (secondary N) is 2. The lowest BCUT2D eigenvalue weighted by Gasteiger charge is -2.08. The molecular formula is C26H26N6O2. The van der Waals surface area contributed by atoms with Crippen LogP contribution in [0, 0.1) is 6.92 Å². The summed E-state index contributed by atoms with van der Waals surface area (Å²) in [5.41, 5.74) is 9.62. The summed E-state index contributed by atoms with van der Waals surface area (Å²) in [6.07, 6.45) is 1.86. The SMILES string of the molecule is Cc1ccc(CCCC(=O)NNC(=O)c2ccc(Cn3nnc(-c4ccccc4)n3)cc2)cc1. The largest absolute Gasteiger partial charge is 0.273 e. The predicted octanol–water partition coefficient (Wildman–Crippen LogP) is 3.48. The number of aromatic nitrogens is 4. The van der Waals surface area contributed by atoms with Crippen molar-refractivity contribution in [3.63, 3.8) is 0 Å². The fourth-order valence-electron chi connectivity index (χ4n) is 3.41. The highest BCUT2D eigenvalue weighted by molar-refractivity contribution is 5.95. The third kappa shape index (κ3) is 6.35. The van der Waals surface area contributed by atoms with Gasteiger partial charge in [-0.15, -0.1) is 10.2 Å². The van der Waals surface area contributed by atoms with Gasteiger partial charge in [-0.3, -0.25) is 20.4 Å². The predicted molar refractivity (Wildman–Crippen MR) is 129 cm³/mol. The van der Waals surface area contributed by atoms with Crippen LogP contribution in [0.25, 0.3) is 11.4 Å². The number of tetrazole rings is 1. The molecule has 0 atom stereocenters. The van der Waals surface area contributed by atoms with E-state index in [1.165, 1.54) is 15.9 Å². The molecule has 0 aliphatic heterocycles. The van der Waals surface area contributed by atoms with Crippen molar-refractivity contribution in [2.75, 3.05) is 0 Å². The number of amides is 2. The van der Waals surface area contributed by atoms with Gasteiger partial charge in [0.15, 0.2) is 0 Å². The van der Waals surface area contributed by atoms with E-state index in [-0.39, 0.29) is 11.8 Å². The van der Waals surface area contributed by atoms with Gasteiger partial charge in [0.05, 0.1) is 6.54 Å². The first-order chi connectivity index (χ1) is 16.6. The molecule has 0 unspecified atom stereocenters. The van der Waals surface area contributed by atoms with Crippen molar-refractivity contribution in [2.24, 2.45) is 0 Å². The van der Waals surface area contributed by atoms with Crippen LogP contribution in [0.15, 0.2) is 78.9 Å². The zero-order chi connectivity index (χ0) is 23.8. The molecule has 8 nitrogen and oxygen atoms in total. The average Bonchev–Trinajstić information content (AvgIpc) is 3.33. The fraction of sp³-hybridized carbons (Fsp3) is 0.192. The third-order valence-corrected chi connectivity index (χ3v) is 5.33. The zero-order valence-corrected chi connectivity index (χ0v) is 18.9. The quantitative estimate of drug-likeness (QED) is 0.397. The summed E-state index contributed by atoms with van der Waals surface area (Å²) in [5.74, 6) is -0.0292.